The average Bonchev–Trinajstić information content (AvgIpc) is 2.80. The molecule has 0 atom stereocenters. The number of nitrogens with zero attached hydrogens (tertiary/aromatic N) is 1. The molecule has 1 aromatic carbocycles. The van der Waals surface area contributed by atoms with Gasteiger partial charge in [-0.05, 0) is 19.9 Å². The number of carbonyl (C=O) groups is 1. The number of nitrogens with one attached hydrogen (secondary N) is 1. The molecule has 2 rings (SSSR count). The molecule has 0 saturated heterocycles. The summed E-state index contributed by atoms with van der Waals surface area (Å²) in [6, 6.07) is 9.98. The van der Waals surface area contributed by atoms with Crippen molar-refractivity contribution in [3.05, 3.63) is 35.2 Å². The molecule has 2 aromatic rings. The van der Waals surface area contributed by atoms with Crippen LogP contribution in [0.25, 0.3) is 10.1 Å². The summed E-state index contributed by atoms with van der Waals surface area (Å²) in [5.74, 6) is -0.115. The highest BCUT2D eigenvalue weighted by Crippen LogP contribution is 2.25. The lowest BCUT2D eigenvalue weighted by molar-refractivity contribution is 0.0946. The van der Waals surface area contributed by atoms with Crippen LogP contribution >= 0.6 is 11.3 Å². The summed E-state index contributed by atoms with van der Waals surface area (Å²) >= 11 is 1.56. The third-order valence-electron chi connectivity index (χ3n) is 2.72. The molecule has 3 nitrogen and oxygen atoms in total. The fraction of sp³-hybridized carbons (Fsp3) is 0.286. The highest BCUT2D eigenvalue weighted by molar-refractivity contribution is 7.17. The summed E-state index contributed by atoms with van der Waals surface area (Å²) < 4.78 is 1.10. The third kappa shape index (κ3) is 2.52. The van der Waals surface area contributed by atoms with Gasteiger partial charge in [0.05, 0.1) is 17.0 Å². The van der Waals surface area contributed by atoms with Crippen LogP contribution in [0.4, 0.5) is 0 Å². The molecule has 1 aromatic heterocycles. The lowest BCUT2D eigenvalue weighted by atomic mass is 9.96. The zero-order chi connectivity index (χ0) is 13.2. The molecule has 92 valence electrons. The molecule has 0 unspecified atom stereocenters. The molecule has 0 aliphatic carbocycles. The van der Waals surface area contributed by atoms with Crippen LogP contribution in [0, 0.1) is 16.7 Å². The van der Waals surface area contributed by atoms with Crippen molar-refractivity contribution in [1.82, 2.24) is 5.32 Å². The molecule has 1 heterocycles. The van der Waals surface area contributed by atoms with Crippen LogP contribution in [0.2, 0.25) is 0 Å². The fourth-order valence-corrected chi connectivity index (χ4v) is 2.53. The predicted molar refractivity (Wildman–Crippen MR) is 73.6 cm³/mol. The van der Waals surface area contributed by atoms with Crippen molar-refractivity contribution in [2.24, 2.45) is 5.41 Å². The lowest BCUT2D eigenvalue weighted by Gasteiger charge is -2.15. The van der Waals surface area contributed by atoms with Crippen LogP contribution in [0.1, 0.15) is 24.2 Å². The van der Waals surface area contributed by atoms with Crippen molar-refractivity contribution >= 4 is 27.3 Å². The van der Waals surface area contributed by atoms with Crippen molar-refractivity contribution in [2.75, 3.05) is 6.54 Å². The van der Waals surface area contributed by atoms with Gasteiger partial charge in [-0.25, -0.2) is 0 Å². The number of carbonyl (C=O) groups excluding carboxylic acids is 1. The van der Waals surface area contributed by atoms with E-state index in [2.05, 4.69) is 11.4 Å². The van der Waals surface area contributed by atoms with Crippen LogP contribution in [0.5, 0.6) is 0 Å². The largest absolute Gasteiger partial charge is 0.350 e. The summed E-state index contributed by atoms with van der Waals surface area (Å²) in [5, 5.41) is 14.6. The van der Waals surface area contributed by atoms with Crippen LogP contribution in [0.15, 0.2) is 29.6 Å². The van der Waals surface area contributed by atoms with Crippen molar-refractivity contribution in [3.8, 4) is 6.07 Å². The summed E-state index contributed by atoms with van der Waals surface area (Å²) in [4.78, 5) is 12.1. The van der Waals surface area contributed by atoms with Crippen LogP contribution in [-0.4, -0.2) is 12.5 Å². The van der Waals surface area contributed by atoms with E-state index < -0.39 is 5.41 Å². The van der Waals surface area contributed by atoms with Crippen LogP contribution < -0.4 is 5.32 Å². The zero-order valence-electron chi connectivity index (χ0n) is 10.4. The maximum absolute atomic E-state index is 12.1. The van der Waals surface area contributed by atoms with Crippen LogP contribution in [-0.2, 0) is 0 Å². The molecule has 4 heteroatoms. The van der Waals surface area contributed by atoms with Crippen molar-refractivity contribution in [1.29, 1.82) is 5.26 Å². The molecule has 0 aliphatic heterocycles. The molecule has 1 amide bonds. The van der Waals surface area contributed by atoms with Gasteiger partial charge in [0.1, 0.15) is 0 Å². The van der Waals surface area contributed by atoms with Crippen LogP contribution in [0.3, 0.4) is 0 Å². The first-order valence-corrected chi connectivity index (χ1v) is 6.57. The third-order valence-corrected chi connectivity index (χ3v) is 3.68. The SMILES string of the molecule is CC(C)(C#N)CNC(=O)c1csc2ccccc12. The standard InChI is InChI=1S/C14H14N2OS/c1-14(2,8-15)9-16-13(17)11-7-18-12-6-4-3-5-10(11)12/h3-7H,9H2,1-2H3,(H,16,17). The minimum atomic E-state index is -0.540. The predicted octanol–water partition coefficient (Wildman–Crippen LogP) is 3.18. The number of rotatable bonds is 3. The summed E-state index contributed by atoms with van der Waals surface area (Å²) in [5.41, 5.74) is 0.144. The number of amides is 1. The Labute approximate surface area is 110 Å². The summed E-state index contributed by atoms with van der Waals surface area (Å²) in [6.07, 6.45) is 0. The minimum absolute atomic E-state index is 0.115. The Morgan fingerprint density at radius 3 is 2.89 bits per heavy atom. The van der Waals surface area contributed by atoms with E-state index in [0.29, 0.717) is 12.1 Å². The smallest absolute Gasteiger partial charge is 0.252 e. The Hall–Kier alpha value is -1.86. The van der Waals surface area contributed by atoms with Gasteiger partial charge in [0.25, 0.3) is 5.91 Å². The highest BCUT2D eigenvalue weighted by Gasteiger charge is 2.19. The fourth-order valence-electron chi connectivity index (χ4n) is 1.59. The Bertz CT molecular complexity index is 622. The monoisotopic (exact) mass is 258 g/mol. The van der Waals surface area contributed by atoms with Gasteiger partial charge in [-0.1, -0.05) is 18.2 Å². The van der Waals surface area contributed by atoms with E-state index in [0.717, 1.165) is 10.1 Å². The van der Waals surface area contributed by atoms with E-state index >= 15 is 0 Å². The molecule has 0 radical (unpaired) electrons. The van der Waals surface area contributed by atoms with E-state index in [1.165, 1.54) is 0 Å². The van der Waals surface area contributed by atoms with Gasteiger partial charge < -0.3 is 5.32 Å². The maximum atomic E-state index is 12.1. The second kappa shape index (κ2) is 4.79. The summed E-state index contributed by atoms with van der Waals surface area (Å²) in [7, 11) is 0. The summed E-state index contributed by atoms with van der Waals surface area (Å²) in [6.45, 7) is 3.96. The molecule has 0 fully saturated rings. The quantitative estimate of drug-likeness (QED) is 0.919. The zero-order valence-corrected chi connectivity index (χ0v) is 11.2. The first kappa shape index (κ1) is 12.6. The lowest BCUT2D eigenvalue weighted by Crippen LogP contribution is -2.32. The first-order valence-electron chi connectivity index (χ1n) is 5.69. The molecule has 0 aliphatic rings. The molecule has 1 N–H and O–H groups in total. The van der Waals surface area contributed by atoms with E-state index in [9.17, 15) is 4.79 Å². The Balaban J connectivity index is 2.18. The Morgan fingerprint density at radius 1 is 1.44 bits per heavy atom. The molecule has 18 heavy (non-hydrogen) atoms. The van der Waals surface area contributed by atoms with E-state index in [1.807, 2.05) is 29.6 Å². The molecular weight excluding hydrogens is 244 g/mol. The number of nitriles is 1. The van der Waals surface area contributed by atoms with Gasteiger partial charge >= 0.3 is 0 Å². The van der Waals surface area contributed by atoms with Gasteiger partial charge in [-0.2, -0.15) is 5.26 Å². The van der Waals surface area contributed by atoms with Crippen molar-refractivity contribution in [3.63, 3.8) is 0 Å². The number of hydrogen-bond acceptors (Lipinski definition) is 3. The highest BCUT2D eigenvalue weighted by atomic mass is 32.1. The maximum Gasteiger partial charge on any atom is 0.252 e. The van der Waals surface area contributed by atoms with E-state index in [1.54, 1.807) is 25.2 Å². The van der Waals surface area contributed by atoms with Crippen molar-refractivity contribution in [2.45, 2.75) is 13.8 Å². The normalized spacial score (nSPS) is 11.2. The minimum Gasteiger partial charge on any atom is -0.350 e. The van der Waals surface area contributed by atoms with Crippen molar-refractivity contribution < 1.29 is 4.79 Å². The second-order valence-corrected chi connectivity index (χ2v) is 5.74. The Kier molecular flexibility index (Phi) is 3.35. The number of fused-ring (bicyclic) bond motifs is 1. The first-order chi connectivity index (χ1) is 8.53. The topological polar surface area (TPSA) is 52.9 Å². The molecule has 0 saturated carbocycles. The van der Waals surface area contributed by atoms with Gasteiger partial charge in [0, 0.05) is 22.0 Å². The van der Waals surface area contributed by atoms with Gasteiger partial charge in [0.15, 0.2) is 0 Å². The molecule has 0 spiro atoms. The molecule has 0 bridgehead atoms. The number of hydrogen-bond donors (Lipinski definition) is 1. The van der Waals surface area contributed by atoms with E-state index in [4.69, 9.17) is 5.26 Å². The van der Waals surface area contributed by atoms with Gasteiger partial charge in [-0.15, -0.1) is 11.3 Å². The molecular formula is C14H14N2OS. The number of benzene rings is 1. The van der Waals surface area contributed by atoms with Gasteiger partial charge in [0.2, 0.25) is 0 Å². The average molecular weight is 258 g/mol. The number of thiophene rings is 1. The Morgan fingerprint density at radius 2 is 2.17 bits per heavy atom. The second-order valence-electron chi connectivity index (χ2n) is 4.82. The van der Waals surface area contributed by atoms with E-state index in [-0.39, 0.29) is 5.91 Å². The van der Waals surface area contributed by atoms with Gasteiger partial charge in [-0.3, -0.25) is 4.79 Å².